The highest BCUT2D eigenvalue weighted by molar-refractivity contribution is 5.95. The molecule has 9 heteroatoms. The van der Waals surface area contributed by atoms with Crippen LogP contribution in [0.3, 0.4) is 0 Å². The second-order valence-corrected chi connectivity index (χ2v) is 8.68. The van der Waals surface area contributed by atoms with Gasteiger partial charge in [0.05, 0.1) is 38.1 Å². The minimum absolute atomic E-state index is 0.104. The first-order valence-electron chi connectivity index (χ1n) is 11.9. The molecule has 1 amide bonds. The summed E-state index contributed by atoms with van der Waals surface area (Å²) >= 11 is 0. The molecular formula is C26H30N4O5. The maximum absolute atomic E-state index is 13.2. The topological polar surface area (TPSA) is 97.9 Å². The Kier molecular flexibility index (Phi) is 7.15. The highest BCUT2D eigenvalue weighted by atomic mass is 16.5. The molecule has 1 aromatic heterocycles. The Morgan fingerprint density at radius 1 is 1.20 bits per heavy atom. The minimum atomic E-state index is -0.315. The number of H-pyrrole nitrogens is 1. The molecule has 0 aliphatic carbocycles. The predicted octanol–water partition coefficient (Wildman–Crippen LogP) is 2.99. The molecule has 0 spiro atoms. The number of carbonyl (C=O) groups excluding carboxylic acids is 1. The number of morpholine rings is 1. The van der Waals surface area contributed by atoms with Gasteiger partial charge in [-0.3, -0.25) is 14.8 Å². The second-order valence-electron chi connectivity index (χ2n) is 8.68. The van der Waals surface area contributed by atoms with Crippen molar-refractivity contribution >= 4 is 11.6 Å². The van der Waals surface area contributed by atoms with Crippen LogP contribution in [-0.2, 0) is 16.0 Å². The molecule has 2 aliphatic heterocycles. The fourth-order valence-electron chi connectivity index (χ4n) is 4.34. The van der Waals surface area contributed by atoms with E-state index in [0.29, 0.717) is 31.1 Å². The number of aromatic amines is 1. The fourth-order valence-corrected chi connectivity index (χ4v) is 4.34. The average molecular weight is 479 g/mol. The number of fused-ring (bicyclic) bond motifs is 1. The predicted molar refractivity (Wildman–Crippen MR) is 131 cm³/mol. The Morgan fingerprint density at radius 3 is 2.89 bits per heavy atom. The van der Waals surface area contributed by atoms with Crippen LogP contribution in [0.1, 0.15) is 5.56 Å². The summed E-state index contributed by atoms with van der Waals surface area (Å²) < 4.78 is 22.8. The van der Waals surface area contributed by atoms with E-state index in [0.717, 1.165) is 61.0 Å². The van der Waals surface area contributed by atoms with E-state index < -0.39 is 0 Å². The lowest BCUT2D eigenvalue weighted by Gasteiger charge is -2.27. The lowest BCUT2D eigenvalue weighted by Crippen LogP contribution is -2.38. The van der Waals surface area contributed by atoms with Gasteiger partial charge in [-0.2, -0.15) is 5.10 Å². The zero-order valence-electron chi connectivity index (χ0n) is 19.8. The van der Waals surface area contributed by atoms with Crippen molar-refractivity contribution in [1.29, 1.82) is 0 Å². The molecule has 184 valence electrons. The van der Waals surface area contributed by atoms with Crippen molar-refractivity contribution in [3.63, 3.8) is 0 Å². The molecule has 0 bridgehead atoms. The number of nitrogens with zero attached hydrogens (tertiary/aromatic N) is 2. The van der Waals surface area contributed by atoms with Crippen LogP contribution in [0.15, 0.2) is 48.8 Å². The molecule has 9 nitrogen and oxygen atoms in total. The standard InChI is InChI=1S/C26H30N4O5/c1-32-22-3-5-24-19(13-22)12-20(17-35-24)26(31)29-23-4-2-18(21-15-27-28-16-21)14-25(23)34-11-8-30-6-9-33-10-7-30/h2-5,13-16,20H,6-12,17H2,1H3,(H,27,28)(H,29,31). The van der Waals surface area contributed by atoms with E-state index in [4.69, 9.17) is 18.9 Å². The Bertz CT molecular complexity index is 1140. The van der Waals surface area contributed by atoms with E-state index in [1.165, 1.54) is 0 Å². The van der Waals surface area contributed by atoms with E-state index in [1.54, 1.807) is 13.3 Å². The number of rotatable bonds is 8. The molecule has 2 N–H and O–H groups in total. The third-order valence-electron chi connectivity index (χ3n) is 6.38. The highest BCUT2D eigenvalue weighted by Crippen LogP contribution is 2.34. The maximum Gasteiger partial charge on any atom is 0.231 e. The lowest BCUT2D eigenvalue weighted by molar-refractivity contribution is -0.121. The van der Waals surface area contributed by atoms with Crippen LogP contribution in [-0.4, -0.2) is 74.2 Å². The molecule has 3 aromatic rings. The van der Waals surface area contributed by atoms with Gasteiger partial charge in [0.25, 0.3) is 0 Å². The molecule has 1 saturated heterocycles. The fraction of sp³-hybridized carbons (Fsp3) is 0.385. The Hall–Kier alpha value is -3.56. The van der Waals surface area contributed by atoms with Crippen LogP contribution < -0.4 is 19.5 Å². The molecule has 35 heavy (non-hydrogen) atoms. The number of aromatic nitrogens is 2. The summed E-state index contributed by atoms with van der Waals surface area (Å²) in [5.74, 6) is 1.76. The van der Waals surface area contributed by atoms with Gasteiger partial charge in [-0.1, -0.05) is 6.07 Å². The zero-order valence-corrected chi connectivity index (χ0v) is 19.8. The average Bonchev–Trinajstić information content (AvgIpc) is 3.44. The number of benzene rings is 2. The molecule has 1 atom stereocenters. The van der Waals surface area contributed by atoms with Crippen molar-refractivity contribution in [2.24, 2.45) is 5.92 Å². The number of hydrogen-bond donors (Lipinski definition) is 2. The Balaban J connectivity index is 1.29. The van der Waals surface area contributed by atoms with Crippen LogP contribution in [0.4, 0.5) is 5.69 Å². The van der Waals surface area contributed by atoms with E-state index in [2.05, 4.69) is 20.4 Å². The zero-order chi connectivity index (χ0) is 24.0. The number of amides is 1. The molecule has 0 radical (unpaired) electrons. The van der Waals surface area contributed by atoms with Crippen LogP contribution in [0.25, 0.3) is 11.1 Å². The van der Waals surface area contributed by atoms with Gasteiger partial charge in [-0.25, -0.2) is 0 Å². The normalized spacial score (nSPS) is 17.8. The molecule has 1 fully saturated rings. The number of hydrogen-bond acceptors (Lipinski definition) is 7. The van der Waals surface area contributed by atoms with E-state index >= 15 is 0 Å². The van der Waals surface area contributed by atoms with Crippen molar-refractivity contribution in [2.45, 2.75) is 6.42 Å². The first-order valence-corrected chi connectivity index (χ1v) is 11.9. The summed E-state index contributed by atoms with van der Waals surface area (Å²) in [5, 5.41) is 9.94. The summed E-state index contributed by atoms with van der Waals surface area (Å²) in [6.07, 6.45) is 4.17. The van der Waals surface area contributed by atoms with Crippen LogP contribution in [0, 0.1) is 5.92 Å². The van der Waals surface area contributed by atoms with Gasteiger partial charge in [0.1, 0.15) is 30.5 Å². The lowest BCUT2D eigenvalue weighted by atomic mass is 9.95. The minimum Gasteiger partial charge on any atom is -0.497 e. The number of methoxy groups -OCH3 is 1. The summed E-state index contributed by atoms with van der Waals surface area (Å²) in [5.41, 5.74) is 3.51. The van der Waals surface area contributed by atoms with Crippen molar-refractivity contribution in [2.75, 3.05) is 58.5 Å². The smallest absolute Gasteiger partial charge is 0.231 e. The monoisotopic (exact) mass is 478 g/mol. The maximum atomic E-state index is 13.2. The second kappa shape index (κ2) is 10.8. The van der Waals surface area contributed by atoms with Gasteiger partial charge in [0, 0.05) is 31.4 Å². The van der Waals surface area contributed by atoms with Gasteiger partial charge < -0.3 is 24.3 Å². The third-order valence-corrected chi connectivity index (χ3v) is 6.38. The number of carbonyl (C=O) groups is 1. The molecule has 2 aliphatic rings. The first-order chi connectivity index (χ1) is 17.2. The largest absolute Gasteiger partial charge is 0.497 e. The molecular weight excluding hydrogens is 448 g/mol. The van der Waals surface area contributed by atoms with Crippen LogP contribution >= 0.6 is 0 Å². The van der Waals surface area contributed by atoms with Crippen molar-refractivity contribution in [3.8, 4) is 28.4 Å². The quantitative estimate of drug-likeness (QED) is 0.514. The Labute approximate surface area is 204 Å². The van der Waals surface area contributed by atoms with Crippen molar-refractivity contribution in [1.82, 2.24) is 15.1 Å². The third kappa shape index (κ3) is 5.58. The van der Waals surface area contributed by atoms with Gasteiger partial charge in [-0.05, 0) is 47.9 Å². The van der Waals surface area contributed by atoms with Gasteiger partial charge >= 0.3 is 0 Å². The van der Waals surface area contributed by atoms with Crippen LogP contribution in [0.2, 0.25) is 0 Å². The number of nitrogens with one attached hydrogen (secondary N) is 2. The van der Waals surface area contributed by atoms with E-state index in [1.807, 2.05) is 42.6 Å². The van der Waals surface area contributed by atoms with E-state index in [-0.39, 0.29) is 11.8 Å². The summed E-state index contributed by atoms with van der Waals surface area (Å²) in [6.45, 7) is 4.92. The summed E-state index contributed by atoms with van der Waals surface area (Å²) in [7, 11) is 1.63. The first kappa shape index (κ1) is 23.2. The van der Waals surface area contributed by atoms with E-state index in [9.17, 15) is 4.79 Å². The molecule has 0 saturated carbocycles. The summed E-state index contributed by atoms with van der Waals surface area (Å²) in [4.78, 5) is 15.5. The SMILES string of the molecule is COc1ccc2c(c1)CC(C(=O)Nc1ccc(-c3cn[nH]c3)cc1OCCN1CCOCC1)CO2. The van der Waals surface area contributed by atoms with Crippen LogP contribution in [0.5, 0.6) is 17.2 Å². The molecule has 5 rings (SSSR count). The number of anilines is 1. The summed E-state index contributed by atoms with van der Waals surface area (Å²) in [6, 6.07) is 11.4. The molecule has 3 heterocycles. The van der Waals surface area contributed by atoms with Gasteiger partial charge in [-0.15, -0.1) is 0 Å². The van der Waals surface area contributed by atoms with Gasteiger partial charge in [0.15, 0.2) is 0 Å². The van der Waals surface area contributed by atoms with Gasteiger partial charge in [0.2, 0.25) is 5.91 Å². The molecule has 1 unspecified atom stereocenters. The number of ether oxygens (including phenoxy) is 4. The molecule has 2 aromatic carbocycles. The highest BCUT2D eigenvalue weighted by Gasteiger charge is 2.27. The Morgan fingerprint density at radius 2 is 2.09 bits per heavy atom. The van der Waals surface area contributed by atoms with Crippen molar-refractivity contribution < 1.29 is 23.7 Å². The van der Waals surface area contributed by atoms with Crippen molar-refractivity contribution in [3.05, 3.63) is 54.4 Å².